The van der Waals surface area contributed by atoms with Crippen molar-refractivity contribution in [1.29, 1.82) is 0 Å². The molecule has 0 aliphatic heterocycles. The van der Waals surface area contributed by atoms with Crippen molar-refractivity contribution in [2.45, 2.75) is 6.92 Å². The van der Waals surface area contributed by atoms with Crippen LogP contribution in [-0.2, 0) is 14.1 Å². The number of para-hydroxylation sites is 1. The molecular weight excluding hydrogens is 292 g/mol. The molecular formula is C17H18N4O2. The molecule has 2 amide bonds. The van der Waals surface area contributed by atoms with E-state index in [4.69, 9.17) is 0 Å². The Morgan fingerprint density at radius 2 is 1.57 bits per heavy atom. The first kappa shape index (κ1) is 14.9. The van der Waals surface area contributed by atoms with Gasteiger partial charge in [-0.05, 0) is 36.8 Å². The van der Waals surface area contributed by atoms with Crippen molar-refractivity contribution in [2.24, 2.45) is 14.1 Å². The van der Waals surface area contributed by atoms with Crippen molar-refractivity contribution < 1.29 is 4.79 Å². The number of carbonyl (C=O) groups is 1. The van der Waals surface area contributed by atoms with E-state index in [9.17, 15) is 9.59 Å². The van der Waals surface area contributed by atoms with Crippen molar-refractivity contribution in [1.82, 2.24) is 9.13 Å². The number of carbonyl (C=O) groups excluding carboxylic acids is 1. The zero-order chi connectivity index (χ0) is 16.6. The van der Waals surface area contributed by atoms with Gasteiger partial charge in [0.1, 0.15) is 0 Å². The minimum absolute atomic E-state index is 0.0923. The van der Waals surface area contributed by atoms with E-state index < -0.39 is 0 Å². The Kier molecular flexibility index (Phi) is 3.65. The molecule has 118 valence electrons. The van der Waals surface area contributed by atoms with Crippen LogP contribution in [0.1, 0.15) is 5.56 Å². The minimum Gasteiger partial charge on any atom is -0.308 e. The van der Waals surface area contributed by atoms with Gasteiger partial charge < -0.3 is 10.6 Å². The van der Waals surface area contributed by atoms with Crippen LogP contribution in [0.2, 0.25) is 0 Å². The predicted molar refractivity (Wildman–Crippen MR) is 92.0 cm³/mol. The standard InChI is InChI=1S/C17H18N4O2/c1-11-9-14-15(21(3)17(23)20(14)2)10-13(11)19-16(22)18-12-7-5-4-6-8-12/h4-10H,1-3H3,(H2,18,19,22). The highest BCUT2D eigenvalue weighted by Gasteiger charge is 2.12. The SMILES string of the molecule is Cc1cc2c(cc1NC(=O)Nc1ccccc1)n(C)c(=O)n2C. The van der Waals surface area contributed by atoms with Gasteiger partial charge in [0.05, 0.1) is 11.0 Å². The Hall–Kier alpha value is -3.02. The van der Waals surface area contributed by atoms with E-state index in [0.717, 1.165) is 22.3 Å². The van der Waals surface area contributed by atoms with E-state index in [2.05, 4.69) is 10.6 Å². The third-order valence-electron chi connectivity index (χ3n) is 3.90. The highest BCUT2D eigenvalue weighted by atomic mass is 16.2. The minimum atomic E-state index is -0.320. The number of anilines is 2. The van der Waals surface area contributed by atoms with Gasteiger partial charge in [-0.1, -0.05) is 18.2 Å². The number of amides is 2. The molecule has 2 aromatic carbocycles. The largest absolute Gasteiger partial charge is 0.328 e. The summed E-state index contributed by atoms with van der Waals surface area (Å²) in [5, 5.41) is 5.61. The van der Waals surface area contributed by atoms with Crippen molar-refractivity contribution in [3.05, 3.63) is 58.5 Å². The van der Waals surface area contributed by atoms with Crippen LogP contribution >= 0.6 is 0 Å². The molecule has 3 aromatic rings. The molecule has 2 N–H and O–H groups in total. The second kappa shape index (κ2) is 5.64. The number of hydrogen-bond donors (Lipinski definition) is 2. The number of hydrogen-bond acceptors (Lipinski definition) is 2. The second-order valence-electron chi connectivity index (χ2n) is 5.50. The van der Waals surface area contributed by atoms with Gasteiger partial charge in [-0.15, -0.1) is 0 Å². The predicted octanol–water partition coefficient (Wildman–Crippen LogP) is 2.83. The summed E-state index contributed by atoms with van der Waals surface area (Å²) in [6.45, 7) is 1.90. The number of aromatic nitrogens is 2. The van der Waals surface area contributed by atoms with Crippen molar-refractivity contribution in [3.8, 4) is 0 Å². The number of imidazole rings is 1. The Bertz CT molecular complexity index is 939. The van der Waals surface area contributed by atoms with E-state index in [0.29, 0.717) is 5.69 Å². The lowest BCUT2D eigenvalue weighted by atomic mass is 10.1. The van der Waals surface area contributed by atoms with Gasteiger partial charge in [-0.2, -0.15) is 0 Å². The summed E-state index contributed by atoms with van der Waals surface area (Å²) in [5.74, 6) is 0. The van der Waals surface area contributed by atoms with Crippen molar-refractivity contribution in [2.75, 3.05) is 10.6 Å². The molecule has 0 saturated heterocycles. The molecule has 0 atom stereocenters. The third-order valence-corrected chi connectivity index (χ3v) is 3.90. The third kappa shape index (κ3) is 2.70. The molecule has 0 radical (unpaired) electrons. The summed E-state index contributed by atoms with van der Waals surface area (Å²) in [7, 11) is 3.45. The average Bonchev–Trinajstić information content (AvgIpc) is 2.73. The smallest absolute Gasteiger partial charge is 0.308 e. The van der Waals surface area contributed by atoms with Crippen molar-refractivity contribution in [3.63, 3.8) is 0 Å². The Balaban J connectivity index is 1.91. The second-order valence-corrected chi connectivity index (χ2v) is 5.50. The fourth-order valence-electron chi connectivity index (χ4n) is 2.59. The molecule has 0 aliphatic carbocycles. The zero-order valence-corrected chi connectivity index (χ0v) is 13.3. The number of aryl methyl sites for hydroxylation is 3. The first-order chi connectivity index (χ1) is 11.0. The van der Waals surface area contributed by atoms with Gasteiger partial charge in [0.15, 0.2) is 0 Å². The lowest BCUT2D eigenvalue weighted by molar-refractivity contribution is 0.262. The normalized spacial score (nSPS) is 10.7. The highest BCUT2D eigenvalue weighted by molar-refractivity contribution is 6.01. The van der Waals surface area contributed by atoms with Crippen molar-refractivity contribution >= 4 is 28.4 Å². The number of nitrogens with zero attached hydrogens (tertiary/aromatic N) is 2. The quantitative estimate of drug-likeness (QED) is 0.764. The van der Waals surface area contributed by atoms with Crippen LogP contribution in [0.15, 0.2) is 47.3 Å². The van der Waals surface area contributed by atoms with Crippen LogP contribution in [-0.4, -0.2) is 15.2 Å². The number of fused-ring (bicyclic) bond motifs is 1. The van der Waals surface area contributed by atoms with Crippen LogP contribution in [0.4, 0.5) is 16.2 Å². The topological polar surface area (TPSA) is 68.1 Å². The molecule has 0 unspecified atom stereocenters. The van der Waals surface area contributed by atoms with E-state index in [-0.39, 0.29) is 11.7 Å². The number of benzene rings is 2. The fraction of sp³-hybridized carbons (Fsp3) is 0.176. The van der Waals surface area contributed by atoms with Crippen LogP contribution in [0.5, 0.6) is 0 Å². The molecule has 6 nitrogen and oxygen atoms in total. The van der Waals surface area contributed by atoms with E-state index in [1.807, 2.05) is 49.4 Å². The summed E-state index contributed by atoms with van der Waals surface area (Å²) in [6.07, 6.45) is 0. The average molecular weight is 310 g/mol. The van der Waals surface area contributed by atoms with Gasteiger partial charge >= 0.3 is 11.7 Å². The van der Waals surface area contributed by atoms with Gasteiger partial charge in [0.2, 0.25) is 0 Å². The number of nitrogens with one attached hydrogen (secondary N) is 2. The molecule has 0 aliphatic rings. The maximum atomic E-state index is 12.1. The summed E-state index contributed by atoms with van der Waals surface area (Å²) < 4.78 is 3.16. The first-order valence-corrected chi connectivity index (χ1v) is 7.26. The molecule has 1 heterocycles. The molecule has 23 heavy (non-hydrogen) atoms. The van der Waals surface area contributed by atoms with Crippen LogP contribution in [0.25, 0.3) is 11.0 Å². The zero-order valence-electron chi connectivity index (χ0n) is 13.3. The number of rotatable bonds is 2. The van der Waals surface area contributed by atoms with E-state index >= 15 is 0 Å². The Labute approximate surface area is 133 Å². The maximum absolute atomic E-state index is 12.1. The molecule has 0 spiro atoms. The molecule has 1 aromatic heterocycles. The summed E-state index contributed by atoms with van der Waals surface area (Å²) >= 11 is 0. The van der Waals surface area contributed by atoms with Crippen LogP contribution < -0.4 is 16.3 Å². The van der Waals surface area contributed by atoms with Gasteiger partial charge in [0.25, 0.3) is 0 Å². The Morgan fingerprint density at radius 3 is 2.22 bits per heavy atom. The van der Waals surface area contributed by atoms with Gasteiger partial charge in [-0.3, -0.25) is 9.13 Å². The molecule has 0 bridgehead atoms. The van der Waals surface area contributed by atoms with Crippen LogP contribution in [0.3, 0.4) is 0 Å². The summed E-state index contributed by atoms with van der Waals surface area (Å²) in [5.41, 5.74) is 3.80. The molecule has 6 heteroatoms. The summed E-state index contributed by atoms with van der Waals surface area (Å²) in [6, 6.07) is 12.6. The van der Waals surface area contributed by atoms with E-state index in [1.165, 1.54) is 0 Å². The first-order valence-electron chi connectivity index (χ1n) is 7.26. The fourth-order valence-corrected chi connectivity index (χ4v) is 2.59. The summed E-state index contributed by atoms with van der Waals surface area (Å²) in [4.78, 5) is 24.1. The lowest BCUT2D eigenvalue weighted by Crippen LogP contribution is -2.20. The Morgan fingerprint density at radius 1 is 0.957 bits per heavy atom. The van der Waals surface area contributed by atoms with Gasteiger partial charge in [0, 0.05) is 25.5 Å². The lowest BCUT2D eigenvalue weighted by Gasteiger charge is -2.11. The monoisotopic (exact) mass is 310 g/mol. The van der Waals surface area contributed by atoms with E-state index in [1.54, 1.807) is 23.2 Å². The maximum Gasteiger partial charge on any atom is 0.328 e. The number of urea groups is 1. The molecule has 0 saturated carbocycles. The molecule has 0 fully saturated rings. The van der Waals surface area contributed by atoms with Gasteiger partial charge in [-0.25, -0.2) is 9.59 Å². The molecule has 3 rings (SSSR count). The van der Waals surface area contributed by atoms with Crippen LogP contribution in [0, 0.1) is 6.92 Å². The highest BCUT2D eigenvalue weighted by Crippen LogP contribution is 2.22.